The topological polar surface area (TPSA) is 193 Å². The molecule has 0 radical (unpaired) electrons. The number of benzene rings is 2. The fourth-order valence-electron chi connectivity index (χ4n) is 3.82. The first-order chi connectivity index (χ1) is 18.9. The lowest BCUT2D eigenvalue weighted by molar-refractivity contribution is -0.116. The second-order valence-electron chi connectivity index (χ2n) is 8.98. The van der Waals surface area contributed by atoms with Gasteiger partial charge in [0.25, 0.3) is 0 Å². The molecular formula is C28H43N7O4. The molecule has 0 fully saturated rings. The van der Waals surface area contributed by atoms with E-state index in [1.807, 2.05) is 30.3 Å². The molecule has 2 aromatic rings. The van der Waals surface area contributed by atoms with Crippen molar-refractivity contribution in [3.63, 3.8) is 0 Å². The third-order valence-electron chi connectivity index (χ3n) is 5.84. The van der Waals surface area contributed by atoms with Crippen molar-refractivity contribution < 1.29 is 19.7 Å². The molecule has 1 atom stereocenters. The SMILES string of the molecule is NC(N)=NCCCCNC(=O)/C=C/c1ccc2c(c1)C[C@H](c1ccc(O)cc1)O2.NCNCCCCNCO. The summed E-state index contributed by atoms with van der Waals surface area (Å²) in [6, 6.07) is 13.0. The van der Waals surface area contributed by atoms with E-state index >= 15 is 0 Å². The van der Waals surface area contributed by atoms with Gasteiger partial charge in [-0.05, 0) is 85.8 Å². The van der Waals surface area contributed by atoms with Gasteiger partial charge in [0.1, 0.15) is 17.6 Å². The number of aliphatic imine (C=N–C) groups is 1. The van der Waals surface area contributed by atoms with Crippen LogP contribution in [0.4, 0.5) is 0 Å². The largest absolute Gasteiger partial charge is 0.508 e. The highest BCUT2D eigenvalue weighted by Gasteiger charge is 2.24. The van der Waals surface area contributed by atoms with Crippen LogP contribution in [0.1, 0.15) is 48.5 Å². The van der Waals surface area contributed by atoms with E-state index in [-0.39, 0.29) is 30.5 Å². The second-order valence-corrected chi connectivity index (χ2v) is 8.98. The number of amides is 1. The van der Waals surface area contributed by atoms with Gasteiger partial charge in [-0.3, -0.25) is 15.1 Å². The number of nitrogens with one attached hydrogen (secondary N) is 3. The number of hydrogen-bond donors (Lipinski definition) is 8. The average molecular weight is 542 g/mol. The van der Waals surface area contributed by atoms with Gasteiger partial charge in [-0.2, -0.15) is 0 Å². The molecule has 0 unspecified atom stereocenters. The van der Waals surface area contributed by atoms with Crippen molar-refractivity contribution in [3.05, 3.63) is 65.2 Å². The average Bonchev–Trinajstić information content (AvgIpc) is 3.35. The highest BCUT2D eigenvalue weighted by molar-refractivity contribution is 5.91. The molecule has 1 aliphatic heterocycles. The first-order valence-electron chi connectivity index (χ1n) is 13.2. The molecule has 3 rings (SSSR count). The summed E-state index contributed by atoms with van der Waals surface area (Å²) in [7, 11) is 0. The molecule has 0 saturated carbocycles. The van der Waals surface area contributed by atoms with Gasteiger partial charge in [0.15, 0.2) is 5.96 Å². The van der Waals surface area contributed by atoms with Crippen LogP contribution in [-0.4, -0.2) is 61.7 Å². The highest BCUT2D eigenvalue weighted by atomic mass is 16.5. The van der Waals surface area contributed by atoms with E-state index in [9.17, 15) is 9.90 Å². The molecule has 2 aromatic carbocycles. The van der Waals surface area contributed by atoms with Crippen molar-refractivity contribution in [2.45, 2.75) is 38.2 Å². The van der Waals surface area contributed by atoms with E-state index in [0.717, 1.165) is 67.6 Å². The molecule has 1 amide bonds. The van der Waals surface area contributed by atoms with Crippen molar-refractivity contribution in [2.24, 2.45) is 22.2 Å². The Balaban J connectivity index is 0.000000455. The molecule has 11 heteroatoms. The normalized spacial score (nSPS) is 13.7. The molecular weight excluding hydrogens is 498 g/mol. The molecule has 11 nitrogen and oxygen atoms in total. The quantitative estimate of drug-likeness (QED) is 0.0535. The zero-order valence-electron chi connectivity index (χ0n) is 22.4. The number of carbonyl (C=O) groups is 1. The second kappa shape index (κ2) is 18.6. The van der Waals surface area contributed by atoms with Crippen LogP contribution in [-0.2, 0) is 11.2 Å². The zero-order chi connectivity index (χ0) is 28.3. The van der Waals surface area contributed by atoms with Crippen LogP contribution < -0.4 is 37.9 Å². The Hall–Kier alpha value is -3.64. The summed E-state index contributed by atoms with van der Waals surface area (Å²) >= 11 is 0. The number of aliphatic hydroxyl groups excluding tert-OH is 1. The predicted molar refractivity (Wildman–Crippen MR) is 155 cm³/mol. The van der Waals surface area contributed by atoms with E-state index in [1.54, 1.807) is 18.2 Å². The maximum atomic E-state index is 11.9. The fourth-order valence-corrected chi connectivity index (χ4v) is 3.82. The van der Waals surface area contributed by atoms with Crippen LogP contribution in [0.25, 0.3) is 6.08 Å². The number of hydrogen-bond acceptors (Lipinski definition) is 8. The number of nitrogens with zero attached hydrogens (tertiary/aromatic N) is 1. The molecule has 1 heterocycles. The first kappa shape index (κ1) is 31.6. The minimum absolute atomic E-state index is 0.0629. The molecule has 0 saturated heterocycles. The van der Waals surface area contributed by atoms with Crippen molar-refractivity contribution >= 4 is 17.9 Å². The number of aliphatic hydroxyl groups is 1. The number of phenolic OH excluding ortho intramolecular Hbond substituents is 1. The van der Waals surface area contributed by atoms with Gasteiger partial charge in [0.2, 0.25) is 5.91 Å². The van der Waals surface area contributed by atoms with E-state index in [4.69, 9.17) is 27.0 Å². The van der Waals surface area contributed by atoms with E-state index in [0.29, 0.717) is 19.8 Å². The van der Waals surface area contributed by atoms with Gasteiger partial charge in [-0.15, -0.1) is 0 Å². The lowest BCUT2D eigenvalue weighted by atomic mass is 10.0. The number of aromatic hydroxyl groups is 1. The number of guanidine groups is 1. The monoisotopic (exact) mass is 541 g/mol. The van der Waals surface area contributed by atoms with E-state index < -0.39 is 0 Å². The third kappa shape index (κ3) is 13.1. The summed E-state index contributed by atoms with van der Waals surface area (Å²) in [5, 5.41) is 26.4. The van der Waals surface area contributed by atoms with Crippen LogP contribution in [0, 0.1) is 0 Å². The standard InChI is InChI=1S/C22H26N4O3.C6H17N3O/c23-22(24)26-12-2-1-11-25-21(28)10-4-15-3-9-19-17(13-15)14-20(29-19)16-5-7-18(27)8-6-16;7-5-8-3-1-2-4-9-6-10/h3-10,13,20,27H,1-2,11-12,14H2,(H,25,28)(H4,23,24,26);8-10H,1-7H2/b10-4+;/t20-;/m1./s1. The summed E-state index contributed by atoms with van der Waals surface area (Å²) in [5.74, 6) is 1.05. The van der Waals surface area contributed by atoms with E-state index in [2.05, 4.69) is 20.9 Å². The maximum Gasteiger partial charge on any atom is 0.243 e. The minimum atomic E-state index is -0.134. The molecule has 11 N–H and O–H groups in total. The number of unbranched alkanes of at least 4 members (excludes halogenated alkanes) is 2. The lowest BCUT2D eigenvalue weighted by Gasteiger charge is -2.10. The van der Waals surface area contributed by atoms with Gasteiger partial charge in [-0.1, -0.05) is 18.2 Å². The smallest absolute Gasteiger partial charge is 0.243 e. The Morgan fingerprint density at radius 3 is 2.44 bits per heavy atom. The Morgan fingerprint density at radius 2 is 1.74 bits per heavy atom. The summed E-state index contributed by atoms with van der Waals surface area (Å²) < 4.78 is 6.00. The highest BCUT2D eigenvalue weighted by Crippen LogP contribution is 2.37. The third-order valence-corrected chi connectivity index (χ3v) is 5.84. The van der Waals surface area contributed by atoms with Gasteiger partial charge in [-0.25, -0.2) is 0 Å². The summed E-state index contributed by atoms with van der Waals surface area (Å²) in [6.45, 7) is 3.61. The Kier molecular flexibility index (Phi) is 15.0. The number of fused-ring (bicyclic) bond motifs is 1. The summed E-state index contributed by atoms with van der Waals surface area (Å²) in [4.78, 5) is 15.8. The molecule has 39 heavy (non-hydrogen) atoms. The number of rotatable bonds is 15. The zero-order valence-corrected chi connectivity index (χ0v) is 22.4. The number of phenols is 1. The van der Waals surface area contributed by atoms with Gasteiger partial charge >= 0.3 is 0 Å². The number of carbonyl (C=O) groups excluding carboxylic acids is 1. The molecule has 0 aliphatic carbocycles. The van der Waals surface area contributed by atoms with Crippen molar-refractivity contribution in [1.82, 2.24) is 16.0 Å². The Morgan fingerprint density at radius 1 is 1.03 bits per heavy atom. The van der Waals surface area contributed by atoms with Crippen LogP contribution in [0.3, 0.4) is 0 Å². The molecule has 0 bridgehead atoms. The molecule has 214 valence electrons. The van der Waals surface area contributed by atoms with Crippen LogP contribution in [0.15, 0.2) is 53.5 Å². The molecule has 1 aliphatic rings. The van der Waals surface area contributed by atoms with Gasteiger partial charge in [0, 0.05) is 32.3 Å². The van der Waals surface area contributed by atoms with Crippen LogP contribution in [0.5, 0.6) is 11.5 Å². The summed E-state index contributed by atoms with van der Waals surface area (Å²) in [5.41, 5.74) is 18.8. The Labute approximate surface area is 230 Å². The first-order valence-corrected chi connectivity index (χ1v) is 13.2. The lowest BCUT2D eigenvalue weighted by Crippen LogP contribution is -2.24. The fraction of sp³-hybridized carbons (Fsp3) is 0.429. The van der Waals surface area contributed by atoms with Crippen molar-refractivity contribution in [2.75, 3.05) is 39.6 Å². The number of nitrogens with two attached hydrogens (primary N) is 3. The van der Waals surface area contributed by atoms with Gasteiger partial charge in [0.05, 0.1) is 6.73 Å². The van der Waals surface area contributed by atoms with Crippen molar-refractivity contribution in [3.8, 4) is 11.5 Å². The van der Waals surface area contributed by atoms with Crippen LogP contribution in [0.2, 0.25) is 0 Å². The van der Waals surface area contributed by atoms with E-state index in [1.165, 1.54) is 6.08 Å². The number of ether oxygens (including phenoxy) is 1. The van der Waals surface area contributed by atoms with Crippen molar-refractivity contribution in [1.29, 1.82) is 0 Å². The summed E-state index contributed by atoms with van der Waals surface area (Å²) in [6.07, 6.45) is 7.82. The van der Waals surface area contributed by atoms with Gasteiger partial charge < -0.3 is 42.8 Å². The molecule has 0 spiro atoms. The predicted octanol–water partition coefficient (Wildman–Crippen LogP) is 1.06. The minimum Gasteiger partial charge on any atom is -0.508 e. The van der Waals surface area contributed by atoms with Crippen LogP contribution >= 0.6 is 0 Å². The Bertz CT molecular complexity index is 1030. The molecule has 0 aromatic heterocycles. The maximum absolute atomic E-state index is 11.9.